The number of hydrogen-bond donors (Lipinski definition) is 0. The van der Waals surface area contributed by atoms with Crippen LogP contribution < -0.4 is 0 Å². The van der Waals surface area contributed by atoms with Gasteiger partial charge in [-0.05, 0) is 0 Å². The van der Waals surface area contributed by atoms with E-state index in [-0.39, 0.29) is 42.0 Å². The Morgan fingerprint density at radius 3 is 1.48 bits per heavy atom. The van der Waals surface area contributed by atoms with Crippen LogP contribution in [0.15, 0.2) is 20.9 Å². The molecule has 0 radical (unpaired) electrons. The number of ketones is 3. The van der Waals surface area contributed by atoms with E-state index in [2.05, 4.69) is 39.1 Å². The molecule has 1 aliphatic carbocycles. The normalized spacial score (nSPS) is 17.8. The fraction of sp³-hybridized carbons (Fsp3) is 0.632. The van der Waals surface area contributed by atoms with Gasteiger partial charge < -0.3 is 0 Å². The predicted molar refractivity (Wildman–Crippen MR) is 87.5 cm³/mol. The van der Waals surface area contributed by atoms with Gasteiger partial charge in [-0.2, -0.15) is 0 Å². The molecule has 0 atom stereocenters. The van der Waals surface area contributed by atoms with Gasteiger partial charge >= 0.3 is 149 Å². The first-order chi connectivity index (χ1) is 10.3. The molecule has 0 aromatic rings. The zero-order valence-electron chi connectivity index (χ0n) is 15.2. The van der Waals surface area contributed by atoms with Crippen LogP contribution in [0.1, 0.15) is 67.7 Å². The topological polar surface area (TPSA) is 51.2 Å². The van der Waals surface area contributed by atoms with Crippen LogP contribution in [-0.2, 0) is 32.7 Å². The Labute approximate surface area is 149 Å². The molecule has 23 heavy (non-hydrogen) atoms. The molecule has 1 rings (SSSR count). The van der Waals surface area contributed by atoms with Crippen LogP contribution in [0, 0.1) is 10.8 Å². The van der Waals surface area contributed by atoms with Crippen LogP contribution in [0.5, 0.6) is 0 Å². The van der Waals surface area contributed by atoms with E-state index in [4.69, 9.17) is 0 Å². The molecule has 0 spiro atoms. The third-order valence-electron chi connectivity index (χ3n) is 4.90. The molecule has 0 N–H and O–H groups in total. The van der Waals surface area contributed by atoms with Gasteiger partial charge in [-0.3, -0.25) is 0 Å². The van der Waals surface area contributed by atoms with Gasteiger partial charge in [-0.15, -0.1) is 0 Å². The summed E-state index contributed by atoms with van der Waals surface area (Å²) < 4.78 is 1.07. The molecule has 0 aromatic carbocycles. The molecule has 130 valence electrons. The van der Waals surface area contributed by atoms with Gasteiger partial charge in [-0.1, -0.05) is 0 Å². The van der Waals surface area contributed by atoms with Crippen LogP contribution in [0.3, 0.4) is 0 Å². The maximum atomic E-state index is 12.0. The SMILES string of the molecule is CC(=O)CC(CC(C)=O)(CC(C)=O)C1=[C]([Rh])C(C)(C)C(C)=C1C. The van der Waals surface area contributed by atoms with Crippen LogP contribution in [0.2, 0.25) is 0 Å². The van der Waals surface area contributed by atoms with E-state index in [1.165, 1.54) is 26.3 Å². The van der Waals surface area contributed by atoms with Crippen molar-refractivity contribution >= 4 is 17.3 Å². The maximum absolute atomic E-state index is 12.0. The summed E-state index contributed by atoms with van der Waals surface area (Å²) >= 11 is 3.04. The van der Waals surface area contributed by atoms with Crippen LogP contribution >= 0.6 is 0 Å². The first-order valence-electron chi connectivity index (χ1n) is 7.90. The van der Waals surface area contributed by atoms with Crippen molar-refractivity contribution in [2.24, 2.45) is 10.8 Å². The molecular formula is C19H27O3Rh. The van der Waals surface area contributed by atoms with Crippen molar-refractivity contribution in [1.29, 1.82) is 0 Å². The van der Waals surface area contributed by atoms with Crippen molar-refractivity contribution in [3.05, 3.63) is 20.9 Å². The summed E-state index contributed by atoms with van der Waals surface area (Å²) in [6.07, 6.45) is 0.654. The molecule has 0 fully saturated rings. The van der Waals surface area contributed by atoms with E-state index in [1.54, 1.807) is 0 Å². The van der Waals surface area contributed by atoms with E-state index < -0.39 is 5.41 Å². The summed E-state index contributed by atoms with van der Waals surface area (Å²) in [4.78, 5) is 35.9. The Hall–Kier alpha value is -0.887. The molecule has 3 nitrogen and oxygen atoms in total. The van der Waals surface area contributed by atoms with E-state index in [0.29, 0.717) is 0 Å². The van der Waals surface area contributed by atoms with Gasteiger partial charge in [0.2, 0.25) is 0 Å². The van der Waals surface area contributed by atoms with E-state index in [1.807, 2.05) is 6.92 Å². The van der Waals surface area contributed by atoms with Crippen LogP contribution in [0.4, 0.5) is 0 Å². The fourth-order valence-corrected chi connectivity index (χ4v) is 4.83. The molecule has 0 unspecified atom stereocenters. The van der Waals surface area contributed by atoms with Gasteiger partial charge in [0.05, 0.1) is 0 Å². The molecule has 0 saturated heterocycles. The second kappa shape index (κ2) is 6.93. The Balaban J connectivity index is 3.68. The Kier molecular flexibility index (Phi) is 6.07. The molecular weight excluding hydrogens is 379 g/mol. The third-order valence-corrected chi connectivity index (χ3v) is 6.33. The minimum atomic E-state index is -0.729. The second-order valence-corrected chi connectivity index (χ2v) is 8.28. The molecule has 0 bridgehead atoms. The molecule has 0 aromatic heterocycles. The summed E-state index contributed by atoms with van der Waals surface area (Å²) in [6.45, 7) is 13.0. The van der Waals surface area contributed by atoms with E-state index in [0.717, 1.165) is 15.3 Å². The standard InChI is InChI=1S/C19H27O3.Rh/c1-12(20)8-19(9-13(2)21,10-14(3)22)17-11-18(6,7)16(5)15(17)4;/h8-10H2,1-7H3;. The summed E-state index contributed by atoms with van der Waals surface area (Å²) in [7, 11) is 0. The monoisotopic (exact) mass is 406 g/mol. The minimum absolute atomic E-state index is 0.00441. The number of hydrogen-bond acceptors (Lipinski definition) is 3. The van der Waals surface area contributed by atoms with Crippen LogP contribution in [-0.4, -0.2) is 17.3 Å². The molecule has 0 aliphatic heterocycles. The van der Waals surface area contributed by atoms with Gasteiger partial charge in [0.1, 0.15) is 0 Å². The van der Waals surface area contributed by atoms with Gasteiger partial charge in [-0.25, -0.2) is 0 Å². The molecule has 0 heterocycles. The van der Waals surface area contributed by atoms with Gasteiger partial charge in [0.15, 0.2) is 0 Å². The summed E-state index contributed by atoms with van der Waals surface area (Å²) in [5.74, 6) is 0.0132. The van der Waals surface area contributed by atoms with E-state index in [9.17, 15) is 14.4 Å². The Bertz CT molecular complexity index is 580. The van der Waals surface area contributed by atoms with Crippen molar-refractivity contribution in [1.82, 2.24) is 0 Å². The van der Waals surface area contributed by atoms with Gasteiger partial charge in [0.25, 0.3) is 0 Å². The first kappa shape index (κ1) is 20.2. The summed E-state index contributed by atoms with van der Waals surface area (Å²) in [5.41, 5.74) is 2.46. The van der Waals surface area contributed by atoms with Gasteiger partial charge in [0, 0.05) is 0 Å². The fourth-order valence-electron chi connectivity index (χ4n) is 3.78. The number of rotatable bonds is 7. The van der Waals surface area contributed by atoms with Crippen molar-refractivity contribution in [3.63, 3.8) is 0 Å². The van der Waals surface area contributed by atoms with Crippen molar-refractivity contribution in [3.8, 4) is 0 Å². The average molecular weight is 406 g/mol. The number of carbonyl (C=O) groups excluding carboxylic acids is 3. The van der Waals surface area contributed by atoms with Crippen LogP contribution in [0.25, 0.3) is 0 Å². The number of Topliss-reactive ketones (excluding diaryl/α,β-unsaturated/α-hetero) is 3. The predicted octanol–water partition coefficient (Wildman–Crippen LogP) is 4.09. The second-order valence-electron chi connectivity index (χ2n) is 7.46. The molecule has 0 amide bonds. The van der Waals surface area contributed by atoms with E-state index >= 15 is 0 Å². The first-order valence-corrected chi connectivity index (χ1v) is 8.72. The number of allylic oxidation sites excluding steroid dienone is 4. The zero-order chi connectivity index (χ0) is 18.2. The van der Waals surface area contributed by atoms with Crippen molar-refractivity contribution in [2.45, 2.75) is 67.7 Å². The molecule has 1 aliphatic rings. The quantitative estimate of drug-likeness (QED) is 0.599. The molecule has 4 heteroatoms. The van der Waals surface area contributed by atoms with Crippen molar-refractivity contribution in [2.75, 3.05) is 0 Å². The zero-order valence-corrected chi connectivity index (χ0v) is 16.8. The average Bonchev–Trinajstić information content (AvgIpc) is 2.48. The molecule has 0 saturated carbocycles. The van der Waals surface area contributed by atoms with Crippen molar-refractivity contribution < 1.29 is 32.7 Å². The number of carbonyl (C=O) groups is 3. The summed E-state index contributed by atoms with van der Waals surface area (Å²) in [6, 6.07) is 0. The summed E-state index contributed by atoms with van der Waals surface area (Å²) in [5, 5.41) is 0. The Morgan fingerprint density at radius 2 is 1.26 bits per heavy atom. The third kappa shape index (κ3) is 3.96. The Morgan fingerprint density at radius 1 is 0.913 bits per heavy atom.